The van der Waals surface area contributed by atoms with E-state index in [1.54, 1.807) is 17.8 Å². The van der Waals surface area contributed by atoms with Crippen molar-refractivity contribution >= 4 is 5.69 Å². The molecule has 0 spiro atoms. The molecule has 3 aromatic rings. The van der Waals surface area contributed by atoms with Gasteiger partial charge in [-0.3, -0.25) is 9.48 Å². The first kappa shape index (κ1) is 16.1. The van der Waals surface area contributed by atoms with Crippen molar-refractivity contribution in [2.45, 2.75) is 26.9 Å². The molecule has 24 heavy (non-hydrogen) atoms. The van der Waals surface area contributed by atoms with Crippen LogP contribution in [0.2, 0.25) is 0 Å². The van der Waals surface area contributed by atoms with Gasteiger partial charge in [0.15, 0.2) is 0 Å². The standard InChI is InChI=1S/C19H22N4O/c1-14-9-10-22(3)19(24)18(14)20-11-17-13-23(21-15(17)2)12-16-7-5-4-6-8-16/h4-10,13,20H,11-12H2,1-3H3. The first-order valence-electron chi connectivity index (χ1n) is 8.01. The third kappa shape index (κ3) is 3.40. The molecule has 0 saturated heterocycles. The highest BCUT2D eigenvalue weighted by Crippen LogP contribution is 2.13. The van der Waals surface area contributed by atoms with Crippen LogP contribution < -0.4 is 10.9 Å². The molecule has 0 aliphatic heterocycles. The van der Waals surface area contributed by atoms with Gasteiger partial charge in [0, 0.05) is 31.5 Å². The zero-order chi connectivity index (χ0) is 17.1. The Morgan fingerprint density at radius 3 is 2.62 bits per heavy atom. The van der Waals surface area contributed by atoms with Gasteiger partial charge in [0.25, 0.3) is 5.56 Å². The Bertz CT molecular complexity index is 893. The second-order valence-electron chi connectivity index (χ2n) is 6.07. The van der Waals surface area contributed by atoms with Crippen molar-refractivity contribution in [3.05, 3.63) is 81.5 Å². The summed E-state index contributed by atoms with van der Waals surface area (Å²) < 4.78 is 3.53. The van der Waals surface area contributed by atoms with E-state index < -0.39 is 0 Å². The van der Waals surface area contributed by atoms with Crippen molar-refractivity contribution in [1.82, 2.24) is 14.3 Å². The lowest BCUT2D eigenvalue weighted by molar-refractivity contribution is 0.679. The van der Waals surface area contributed by atoms with Crippen LogP contribution in [-0.2, 0) is 20.1 Å². The smallest absolute Gasteiger partial charge is 0.273 e. The largest absolute Gasteiger partial charge is 0.376 e. The summed E-state index contributed by atoms with van der Waals surface area (Å²) in [7, 11) is 1.76. The van der Waals surface area contributed by atoms with E-state index in [9.17, 15) is 4.79 Å². The van der Waals surface area contributed by atoms with Crippen LogP contribution in [0, 0.1) is 13.8 Å². The molecule has 0 aliphatic rings. The first-order valence-corrected chi connectivity index (χ1v) is 8.01. The van der Waals surface area contributed by atoms with Crippen molar-refractivity contribution < 1.29 is 0 Å². The highest BCUT2D eigenvalue weighted by Gasteiger charge is 2.09. The van der Waals surface area contributed by atoms with E-state index in [2.05, 4.69) is 22.5 Å². The third-order valence-corrected chi connectivity index (χ3v) is 4.17. The number of rotatable bonds is 5. The second kappa shape index (κ2) is 6.74. The van der Waals surface area contributed by atoms with Gasteiger partial charge in [-0.15, -0.1) is 0 Å². The monoisotopic (exact) mass is 322 g/mol. The molecular weight excluding hydrogens is 300 g/mol. The number of pyridine rings is 1. The van der Waals surface area contributed by atoms with Gasteiger partial charge in [-0.05, 0) is 31.0 Å². The van der Waals surface area contributed by atoms with Gasteiger partial charge >= 0.3 is 0 Å². The van der Waals surface area contributed by atoms with Gasteiger partial charge in [0.2, 0.25) is 0 Å². The molecule has 0 atom stereocenters. The van der Waals surface area contributed by atoms with Crippen LogP contribution in [0.1, 0.15) is 22.4 Å². The maximum absolute atomic E-state index is 12.2. The molecule has 5 nitrogen and oxygen atoms in total. The number of aromatic nitrogens is 3. The molecule has 0 unspecified atom stereocenters. The Balaban J connectivity index is 1.75. The summed E-state index contributed by atoms with van der Waals surface area (Å²) in [5.41, 5.74) is 4.87. The number of benzene rings is 1. The van der Waals surface area contributed by atoms with Crippen molar-refractivity contribution in [2.75, 3.05) is 5.32 Å². The van der Waals surface area contributed by atoms with E-state index in [1.165, 1.54) is 5.56 Å². The van der Waals surface area contributed by atoms with Gasteiger partial charge in [-0.25, -0.2) is 0 Å². The Labute approximate surface area is 141 Å². The van der Waals surface area contributed by atoms with E-state index >= 15 is 0 Å². The van der Waals surface area contributed by atoms with Crippen molar-refractivity contribution in [1.29, 1.82) is 0 Å². The summed E-state index contributed by atoms with van der Waals surface area (Å²) in [6, 6.07) is 12.2. The van der Waals surface area contributed by atoms with Crippen LogP contribution in [0.4, 0.5) is 5.69 Å². The predicted octanol–water partition coefficient (Wildman–Crippen LogP) is 2.86. The molecule has 2 aromatic heterocycles. The molecule has 0 saturated carbocycles. The highest BCUT2D eigenvalue weighted by molar-refractivity contribution is 5.48. The van der Waals surface area contributed by atoms with E-state index in [0.29, 0.717) is 12.2 Å². The van der Waals surface area contributed by atoms with E-state index in [0.717, 1.165) is 23.4 Å². The molecule has 0 amide bonds. The summed E-state index contributed by atoms with van der Waals surface area (Å²) >= 11 is 0. The van der Waals surface area contributed by atoms with Crippen LogP contribution in [0.25, 0.3) is 0 Å². The number of hydrogen-bond acceptors (Lipinski definition) is 3. The molecule has 124 valence electrons. The van der Waals surface area contributed by atoms with Crippen molar-refractivity contribution in [2.24, 2.45) is 7.05 Å². The average Bonchev–Trinajstić information content (AvgIpc) is 2.91. The molecule has 0 aliphatic carbocycles. The molecule has 0 radical (unpaired) electrons. The topological polar surface area (TPSA) is 51.9 Å². The SMILES string of the molecule is Cc1ccn(C)c(=O)c1NCc1cn(Cc2ccccc2)nc1C. The summed E-state index contributed by atoms with van der Waals surface area (Å²) in [6.45, 7) is 5.26. The lowest BCUT2D eigenvalue weighted by Gasteiger charge is -2.09. The summed E-state index contributed by atoms with van der Waals surface area (Å²) in [5.74, 6) is 0. The van der Waals surface area contributed by atoms with Crippen LogP contribution in [-0.4, -0.2) is 14.3 Å². The van der Waals surface area contributed by atoms with Crippen LogP contribution in [0.5, 0.6) is 0 Å². The lowest BCUT2D eigenvalue weighted by Crippen LogP contribution is -2.21. The molecule has 0 bridgehead atoms. The summed E-state index contributed by atoms with van der Waals surface area (Å²) in [5, 5.41) is 7.84. The maximum Gasteiger partial charge on any atom is 0.273 e. The fourth-order valence-electron chi connectivity index (χ4n) is 2.70. The van der Waals surface area contributed by atoms with Gasteiger partial charge in [0.05, 0.1) is 12.2 Å². The van der Waals surface area contributed by atoms with Crippen LogP contribution in [0.3, 0.4) is 0 Å². The maximum atomic E-state index is 12.2. The fourth-order valence-corrected chi connectivity index (χ4v) is 2.70. The Morgan fingerprint density at radius 2 is 1.88 bits per heavy atom. The molecule has 5 heteroatoms. The first-order chi connectivity index (χ1) is 11.5. The molecular formula is C19H22N4O. The second-order valence-corrected chi connectivity index (χ2v) is 6.07. The van der Waals surface area contributed by atoms with E-state index in [4.69, 9.17) is 0 Å². The average molecular weight is 322 g/mol. The zero-order valence-corrected chi connectivity index (χ0v) is 14.3. The highest BCUT2D eigenvalue weighted by atomic mass is 16.1. The number of hydrogen-bond donors (Lipinski definition) is 1. The number of aryl methyl sites for hydroxylation is 3. The van der Waals surface area contributed by atoms with Crippen molar-refractivity contribution in [3.63, 3.8) is 0 Å². The third-order valence-electron chi connectivity index (χ3n) is 4.17. The Morgan fingerprint density at radius 1 is 1.12 bits per heavy atom. The Kier molecular flexibility index (Phi) is 4.51. The minimum atomic E-state index is -0.00988. The van der Waals surface area contributed by atoms with Gasteiger partial charge in [0.1, 0.15) is 5.69 Å². The predicted molar refractivity (Wildman–Crippen MR) is 96.3 cm³/mol. The minimum Gasteiger partial charge on any atom is -0.376 e. The van der Waals surface area contributed by atoms with Gasteiger partial charge in [-0.2, -0.15) is 5.10 Å². The van der Waals surface area contributed by atoms with Crippen LogP contribution >= 0.6 is 0 Å². The molecule has 3 rings (SSSR count). The van der Waals surface area contributed by atoms with E-state index in [1.807, 2.05) is 49.0 Å². The Hall–Kier alpha value is -2.82. The normalized spacial score (nSPS) is 10.8. The quantitative estimate of drug-likeness (QED) is 0.786. The molecule has 2 heterocycles. The van der Waals surface area contributed by atoms with Crippen molar-refractivity contribution in [3.8, 4) is 0 Å². The minimum absolute atomic E-state index is 0.00988. The number of nitrogens with zero attached hydrogens (tertiary/aromatic N) is 3. The summed E-state index contributed by atoms with van der Waals surface area (Å²) in [4.78, 5) is 12.2. The summed E-state index contributed by atoms with van der Waals surface area (Å²) in [6.07, 6.45) is 3.82. The number of anilines is 1. The van der Waals surface area contributed by atoms with E-state index in [-0.39, 0.29) is 5.56 Å². The molecule has 0 fully saturated rings. The zero-order valence-electron chi connectivity index (χ0n) is 14.3. The lowest BCUT2D eigenvalue weighted by atomic mass is 10.2. The van der Waals surface area contributed by atoms with Crippen LogP contribution in [0.15, 0.2) is 53.6 Å². The fraction of sp³-hybridized carbons (Fsp3) is 0.263. The number of nitrogens with one attached hydrogen (secondary N) is 1. The van der Waals surface area contributed by atoms with Gasteiger partial charge in [-0.1, -0.05) is 30.3 Å². The molecule has 1 aromatic carbocycles. The molecule has 1 N–H and O–H groups in total. The van der Waals surface area contributed by atoms with Gasteiger partial charge < -0.3 is 9.88 Å².